The van der Waals surface area contributed by atoms with Gasteiger partial charge in [0.2, 0.25) is 0 Å². The van der Waals surface area contributed by atoms with E-state index in [4.69, 9.17) is 5.73 Å². The number of hydrogen-bond donors (Lipinski definition) is 1. The molecule has 3 rings (SSSR count). The number of aromatic nitrogens is 2. The normalized spacial score (nSPS) is 12.9. The van der Waals surface area contributed by atoms with Gasteiger partial charge in [0, 0.05) is 24.1 Å². The second-order valence-corrected chi connectivity index (χ2v) is 5.02. The quantitative estimate of drug-likeness (QED) is 0.861. The molecule has 0 bridgehead atoms. The largest absolute Gasteiger partial charge is 0.398 e. The fourth-order valence-corrected chi connectivity index (χ4v) is 2.59. The average molecular weight is 327 g/mol. The Labute approximate surface area is 137 Å². The van der Waals surface area contributed by atoms with Crippen LogP contribution in [0.25, 0.3) is 0 Å². The van der Waals surface area contributed by atoms with Gasteiger partial charge in [0.1, 0.15) is 0 Å². The molecule has 0 radical (unpaired) electrons. The molecule has 0 atom stereocenters. The average Bonchev–Trinajstić information content (AvgIpc) is 2.43. The lowest BCUT2D eigenvalue weighted by molar-refractivity contribution is 0.683. The molecule has 1 aromatic heterocycles. The molecule has 0 amide bonds. The van der Waals surface area contributed by atoms with Gasteiger partial charge in [-0.1, -0.05) is 6.07 Å². The number of nitrogen functional groups attached to an aromatic ring is 1. The summed E-state index contributed by atoms with van der Waals surface area (Å²) >= 11 is 0. The van der Waals surface area contributed by atoms with Gasteiger partial charge in [0.15, 0.2) is 0 Å². The molecule has 4 nitrogen and oxygen atoms in total. The Hall–Kier alpha value is -1.52. The predicted octanol–water partition coefficient (Wildman–Crippen LogP) is 3.16. The molecule has 1 aliphatic heterocycles. The second kappa shape index (κ2) is 7.48. The number of anilines is 2. The Kier molecular flexibility index (Phi) is 6.24. The monoisotopic (exact) mass is 326 g/mol. The van der Waals surface area contributed by atoms with Gasteiger partial charge in [-0.05, 0) is 37.5 Å². The summed E-state index contributed by atoms with van der Waals surface area (Å²) in [5.74, 6) is 0. The molecule has 1 aromatic carbocycles. The highest BCUT2D eigenvalue weighted by Crippen LogP contribution is 2.31. The number of fused-ring (bicyclic) bond motifs is 1. The van der Waals surface area contributed by atoms with Gasteiger partial charge in [0.05, 0.1) is 24.1 Å². The summed E-state index contributed by atoms with van der Waals surface area (Å²) < 4.78 is 0. The molecule has 0 aliphatic carbocycles. The van der Waals surface area contributed by atoms with Crippen molar-refractivity contribution in [3.63, 3.8) is 0 Å². The van der Waals surface area contributed by atoms with Crippen LogP contribution in [0.5, 0.6) is 0 Å². The summed E-state index contributed by atoms with van der Waals surface area (Å²) in [5, 5.41) is 0. The third kappa shape index (κ3) is 3.77. The van der Waals surface area contributed by atoms with Crippen LogP contribution in [-0.2, 0) is 13.0 Å². The van der Waals surface area contributed by atoms with Crippen LogP contribution in [-0.4, -0.2) is 16.5 Å². The Bertz CT molecular complexity index is 587. The zero-order valence-corrected chi connectivity index (χ0v) is 13.6. The molecule has 114 valence electrons. The minimum atomic E-state index is 0. The minimum Gasteiger partial charge on any atom is -0.398 e. The molecule has 0 saturated carbocycles. The number of hydrogen-bond acceptors (Lipinski definition) is 4. The van der Waals surface area contributed by atoms with Gasteiger partial charge in [-0.25, -0.2) is 0 Å². The summed E-state index contributed by atoms with van der Waals surface area (Å²) in [6.45, 7) is 3.80. The zero-order valence-electron chi connectivity index (χ0n) is 12.0. The van der Waals surface area contributed by atoms with Crippen molar-refractivity contribution in [2.75, 3.05) is 17.2 Å². The molecule has 2 aromatic rings. The minimum absolute atomic E-state index is 0. The summed E-state index contributed by atoms with van der Waals surface area (Å²) in [4.78, 5) is 11.1. The lowest BCUT2D eigenvalue weighted by Gasteiger charge is -2.31. The maximum Gasteiger partial charge on any atom is 0.0780 e. The maximum atomic E-state index is 6.06. The first-order valence-corrected chi connectivity index (χ1v) is 6.64. The molecule has 2 heterocycles. The van der Waals surface area contributed by atoms with E-state index in [1.807, 2.05) is 31.5 Å². The van der Waals surface area contributed by atoms with Gasteiger partial charge in [-0.2, -0.15) is 0 Å². The number of nitrogens with two attached hydrogens (primary N) is 1. The Morgan fingerprint density at radius 2 is 2.00 bits per heavy atom. The van der Waals surface area contributed by atoms with Gasteiger partial charge in [-0.15, -0.1) is 24.8 Å². The first-order valence-electron chi connectivity index (χ1n) is 6.64. The van der Waals surface area contributed by atoms with Gasteiger partial charge in [-0.3, -0.25) is 9.97 Å². The number of nitrogens with zero attached hydrogens (tertiary/aromatic N) is 3. The number of benzene rings is 1. The molecule has 21 heavy (non-hydrogen) atoms. The van der Waals surface area contributed by atoms with Crippen LogP contribution in [0.4, 0.5) is 11.4 Å². The molecular formula is C15H20Cl2N4. The van der Waals surface area contributed by atoms with Crippen LogP contribution in [0.15, 0.2) is 30.6 Å². The van der Waals surface area contributed by atoms with E-state index >= 15 is 0 Å². The lowest BCUT2D eigenvalue weighted by Crippen LogP contribution is -2.29. The standard InChI is InChI=1S/C15H18N4.2ClH/c1-11-8-18-12(9-17-11)10-19-7-3-4-13-14(16)5-2-6-15(13)19;;/h2,5-6,8-9H,3-4,7,10,16H2,1H3;2*1H. The summed E-state index contributed by atoms with van der Waals surface area (Å²) in [5.41, 5.74) is 11.4. The van der Waals surface area contributed by atoms with Crippen LogP contribution in [0.3, 0.4) is 0 Å². The van der Waals surface area contributed by atoms with Crippen LogP contribution in [0, 0.1) is 6.92 Å². The van der Waals surface area contributed by atoms with Crippen LogP contribution < -0.4 is 10.6 Å². The molecule has 6 heteroatoms. The van der Waals surface area contributed by atoms with E-state index in [0.29, 0.717) is 0 Å². The third-order valence-corrected chi connectivity index (χ3v) is 3.57. The van der Waals surface area contributed by atoms with E-state index < -0.39 is 0 Å². The van der Waals surface area contributed by atoms with Crippen molar-refractivity contribution < 1.29 is 0 Å². The van der Waals surface area contributed by atoms with Crippen molar-refractivity contribution >= 4 is 36.2 Å². The van der Waals surface area contributed by atoms with Gasteiger partial charge >= 0.3 is 0 Å². The van der Waals surface area contributed by atoms with Crippen LogP contribution >= 0.6 is 24.8 Å². The SMILES string of the molecule is Cc1cnc(CN2CCCc3c(N)cccc32)cn1.Cl.Cl. The molecule has 0 fully saturated rings. The highest BCUT2D eigenvalue weighted by molar-refractivity contribution is 5.85. The zero-order chi connectivity index (χ0) is 13.2. The highest BCUT2D eigenvalue weighted by atomic mass is 35.5. The van der Waals surface area contributed by atoms with E-state index in [2.05, 4.69) is 20.9 Å². The third-order valence-electron chi connectivity index (χ3n) is 3.57. The van der Waals surface area contributed by atoms with Crippen molar-refractivity contribution in [1.29, 1.82) is 0 Å². The van der Waals surface area contributed by atoms with Crippen molar-refractivity contribution in [1.82, 2.24) is 9.97 Å². The molecule has 2 N–H and O–H groups in total. The summed E-state index contributed by atoms with van der Waals surface area (Å²) in [6, 6.07) is 6.15. The van der Waals surface area contributed by atoms with Crippen LogP contribution in [0.1, 0.15) is 23.4 Å². The first kappa shape index (κ1) is 17.5. The Morgan fingerprint density at radius 3 is 2.71 bits per heavy atom. The number of halogens is 2. The van der Waals surface area contributed by atoms with Crippen molar-refractivity contribution in [3.05, 3.63) is 47.5 Å². The number of aryl methyl sites for hydroxylation is 1. The highest BCUT2D eigenvalue weighted by Gasteiger charge is 2.18. The van der Waals surface area contributed by atoms with Gasteiger partial charge < -0.3 is 10.6 Å². The fraction of sp³-hybridized carbons (Fsp3) is 0.333. The Balaban J connectivity index is 0.00000110. The lowest BCUT2D eigenvalue weighted by atomic mass is 10.00. The van der Waals surface area contributed by atoms with Gasteiger partial charge in [0.25, 0.3) is 0 Å². The van der Waals surface area contributed by atoms with Crippen molar-refractivity contribution in [2.24, 2.45) is 0 Å². The molecule has 0 spiro atoms. The molecular weight excluding hydrogens is 307 g/mol. The Morgan fingerprint density at radius 1 is 1.19 bits per heavy atom. The maximum absolute atomic E-state index is 6.06. The summed E-state index contributed by atoms with van der Waals surface area (Å²) in [7, 11) is 0. The van der Waals surface area contributed by atoms with E-state index in [1.54, 1.807) is 0 Å². The van der Waals surface area contributed by atoms with E-state index in [-0.39, 0.29) is 24.8 Å². The predicted molar refractivity (Wildman–Crippen MR) is 91.5 cm³/mol. The smallest absolute Gasteiger partial charge is 0.0780 e. The van der Waals surface area contributed by atoms with E-state index in [0.717, 1.165) is 43.0 Å². The molecule has 1 aliphatic rings. The molecule has 0 saturated heterocycles. The first-order chi connectivity index (χ1) is 9.24. The number of rotatable bonds is 2. The second-order valence-electron chi connectivity index (χ2n) is 5.02. The summed E-state index contributed by atoms with van der Waals surface area (Å²) in [6.07, 6.45) is 5.88. The van der Waals surface area contributed by atoms with Crippen molar-refractivity contribution in [3.8, 4) is 0 Å². The van der Waals surface area contributed by atoms with E-state index in [1.165, 1.54) is 11.3 Å². The molecule has 0 unspecified atom stereocenters. The fourth-order valence-electron chi connectivity index (χ4n) is 2.59. The topological polar surface area (TPSA) is 55.0 Å². The van der Waals surface area contributed by atoms with E-state index in [9.17, 15) is 0 Å². The van der Waals surface area contributed by atoms with Crippen molar-refractivity contribution in [2.45, 2.75) is 26.3 Å². The van der Waals surface area contributed by atoms with Crippen LogP contribution in [0.2, 0.25) is 0 Å².